The second kappa shape index (κ2) is 5.09. The van der Waals surface area contributed by atoms with E-state index in [1.165, 1.54) is 0 Å². The molecule has 0 aromatic carbocycles. The van der Waals surface area contributed by atoms with Gasteiger partial charge in [-0.1, -0.05) is 0 Å². The van der Waals surface area contributed by atoms with E-state index in [4.69, 9.17) is 0 Å². The molecule has 0 fully saturated rings. The highest BCUT2D eigenvalue weighted by atomic mass is 15.1. The summed E-state index contributed by atoms with van der Waals surface area (Å²) in [4.78, 5) is 12.7. The molecule has 6 nitrogen and oxygen atoms in total. The quantitative estimate of drug-likeness (QED) is 0.705. The fraction of sp³-hybridized carbons (Fsp3) is 0.308. The van der Waals surface area contributed by atoms with E-state index >= 15 is 0 Å². The molecular weight excluding hydrogens is 240 g/mol. The van der Waals surface area contributed by atoms with E-state index in [9.17, 15) is 0 Å². The number of pyridine rings is 1. The van der Waals surface area contributed by atoms with Crippen molar-refractivity contribution in [3.8, 4) is 0 Å². The molecule has 1 N–H and O–H groups in total. The van der Waals surface area contributed by atoms with Crippen LogP contribution in [0.25, 0.3) is 11.0 Å². The Hall–Kier alpha value is -2.37. The van der Waals surface area contributed by atoms with E-state index < -0.39 is 0 Å². The minimum Gasteiger partial charge on any atom is -0.368 e. The maximum Gasteiger partial charge on any atom is 0.154 e. The third-order valence-corrected chi connectivity index (χ3v) is 3.09. The molecule has 19 heavy (non-hydrogen) atoms. The van der Waals surface area contributed by atoms with Crippen LogP contribution in [-0.4, -0.2) is 30.6 Å². The SMILES string of the molecule is Cn1cnc2c(NCCCn3ccnc3)nccc21. The van der Waals surface area contributed by atoms with Crippen molar-refractivity contribution in [3.05, 3.63) is 37.3 Å². The van der Waals surface area contributed by atoms with Crippen molar-refractivity contribution in [1.29, 1.82) is 0 Å². The number of rotatable bonds is 5. The molecule has 0 aliphatic carbocycles. The average molecular weight is 256 g/mol. The lowest BCUT2D eigenvalue weighted by Gasteiger charge is -2.06. The maximum atomic E-state index is 4.37. The molecule has 98 valence electrons. The van der Waals surface area contributed by atoms with Crippen LogP contribution in [0.1, 0.15) is 6.42 Å². The first-order chi connectivity index (χ1) is 9.34. The molecular formula is C13H16N6. The van der Waals surface area contributed by atoms with Gasteiger partial charge in [0.2, 0.25) is 0 Å². The summed E-state index contributed by atoms with van der Waals surface area (Å²) in [5, 5.41) is 3.34. The Balaban J connectivity index is 1.62. The third-order valence-electron chi connectivity index (χ3n) is 3.09. The van der Waals surface area contributed by atoms with Crippen molar-refractivity contribution in [2.24, 2.45) is 7.05 Å². The molecule has 0 atom stereocenters. The van der Waals surface area contributed by atoms with Crippen LogP contribution in [0.5, 0.6) is 0 Å². The average Bonchev–Trinajstić information content (AvgIpc) is 3.06. The van der Waals surface area contributed by atoms with Crippen LogP contribution in [0.3, 0.4) is 0 Å². The van der Waals surface area contributed by atoms with Gasteiger partial charge in [-0.25, -0.2) is 15.0 Å². The number of aryl methyl sites for hydroxylation is 2. The number of aromatic nitrogens is 5. The van der Waals surface area contributed by atoms with Crippen LogP contribution in [0, 0.1) is 0 Å². The number of hydrogen-bond acceptors (Lipinski definition) is 4. The van der Waals surface area contributed by atoms with Crippen LogP contribution in [0.4, 0.5) is 5.82 Å². The monoisotopic (exact) mass is 256 g/mol. The first kappa shape index (κ1) is 11.7. The Morgan fingerprint density at radius 1 is 1.21 bits per heavy atom. The summed E-state index contributed by atoms with van der Waals surface area (Å²) >= 11 is 0. The van der Waals surface area contributed by atoms with E-state index in [1.807, 2.05) is 42.7 Å². The summed E-state index contributed by atoms with van der Waals surface area (Å²) in [6.45, 7) is 1.81. The predicted molar refractivity (Wildman–Crippen MR) is 73.8 cm³/mol. The first-order valence-corrected chi connectivity index (χ1v) is 6.30. The molecule has 0 spiro atoms. The van der Waals surface area contributed by atoms with Crippen molar-refractivity contribution in [3.63, 3.8) is 0 Å². The highest BCUT2D eigenvalue weighted by Crippen LogP contribution is 2.18. The Morgan fingerprint density at radius 3 is 3.00 bits per heavy atom. The van der Waals surface area contributed by atoms with E-state index in [1.54, 1.807) is 6.20 Å². The van der Waals surface area contributed by atoms with Gasteiger partial charge in [-0.05, 0) is 12.5 Å². The van der Waals surface area contributed by atoms with Gasteiger partial charge in [-0.2, -0.15) is 0 Å². The van der Waals surface area contributed by atoms with Crippen molar-refractivity contribution < 1.29 is 0 Å². The number of hydrogen-bond donors (Lipinski definition) is 1. The smallest absolute Gasteiger partial charge is 0.154 e. The van der Waals surface area contributed by atoms with Crippen molar-refractivity contribution in [2.75, 3.05) is 11.9 Å². The van der Waals surface area contributed by atoms with E-state index in [-0.39, 0.29) is 0 Å². The molecule has 3 heterocycles. The molecule has 6 heteroatoms. The minimum atomic E-state index is 0.851. The molecule has 0 saturated carbocycles. The van der Waals surface area contributed by atoms with Gasteiger partial charge >= 0.3 is 0 Å². The zero-order valence-electron chi connectivity index (χ0n) is 10.8. The first-order valence-electron chi connectivity index (χ1n) is 6.30. The Labute approximate surface area is 111 Å². The summed E-state index contributed by atoms with van der Waals surface area (Å²) in [6.07, 6.45) is 10.2. The van der Waals surface area contributed by atoms with Crippen LogP contribution in [0.2, 0.25) is 0 Å². The van der Waals surface area contributed by atoms with Gasteiger partial charge in [0, 0.05) is 38.7 Å². The lowest BCUT2D eigenvalue weighted by Crippen LogP contribution is -2.07. The zero-order valence-corrected chi connectivity index (χ0v) is 10.8. The molecule has 0 aliphatic rings. The number of imidazole rings is 2. The molecule has 0 saturated heterocycles. The van der Waals surface area contributed by atoms with Crippen molar-refractivity contribution >= 4 is 16.9 Å². The summed E-state index contributed by atoms with van der Waals surface area (Å²) in [6, 6.07) is 1.97. The molecule has 3 rings (SSSR count). The lowest BCUT2D eigenvalue weighted by atomic mass is 10.3. The second-order valence-electron chi connectivity index (χ2n) is 4.46. The predicted octanol–water partition coefficient (Wildman–Crippen LogP) is 1.67. The van der Waals surface area contributed by atoms with Crippen molar-refractivity contribution in [2.45, 2.75) is 13.0 Å². The maximum absolute atomic E-state index is 4.37. The molecule has 0 unspecified atom stereocenters. The highest BCUT2D eigenvalue weighted by Gasteiger charge is 2.05. The molecule has 0 radical (unpaired) electrons. The van der Waals surface area contributed by atoms with Gasteiger partial charge in [-0.3, -0.25) is 0 Å². The topological polar surface area (TPSA) is 60.6 Å². The van der Waals surface area contributed by atoms with Gasteiger partial charge in [-0.15, -0.1) is 0 Å². The van der Waals surface area contributed by atoms with Gasteiger partial charge in [0.05, 0.1) is 18.2 Å². The fourth-order valence-electron chi connectivity index (χ4n) is 2.08. The number of fused-ring (bicyclic) bond motifs is 1. The highest BCUT2D eigenvalue weighted by molar-refractivity contribution is 5.85. The zero-order chi connectivity index (χ0) is 13.1. The third kappa shape index (κ3) is 2.42. The van der Waals surface area contributed by atoms with Crippen LogP contribution < -0.4 is 5.32 Å². The van der Waals surface area contributed by atoms with Crippen LogP contribution in [-0.2, 0) is 13.6 Å². The van der Waals surface area contributed by atoms with Gasteiger partial charge in [0.25, 0.3) is 0 Å². The molecule has 0 aliphatic heterocycles. The fourth-order valence-corrected chi connectivity index (χ4v) is 2.08. The van der Waals surface area contributed by atoms with Crippen molar-refractivity contribution in [1.82, 2.24) is 24.1 Å². The summed E-state index contributed by atoms with van der Waals surface area (Å²) < 4.78 is 4.06. The number of nitrogens with zero attached hydrogens (tertiary/aromatic N) is 5. The number of nitrogens with one attached hydrogen (secondary N) is 1. The van der Waals surface area contributed by atoms with Crippen LogP contribution >= 0.6 is 0 Å². The van der Waals surface area contributed by atoms with E-state index in [0.29, 0.717) is 0 Å². The molecule has 3 aromatic rings. The Kier molecular flexibility index (Phi) is 3.14. The summed E-state index contributed by atoms with van der Waals surface area (Å²) in [5.74, 6) is 0.851. The van der Waals surface area contributed by atoms with E-state index in [0.717, 1.165) is 36.4 Å². The summed E-state index contributed by atoms with van der Waals surface area (Å²) in [5.41, 5.74) is 2.01. The minimum absolute atomic E-state index is 0.851. The van der Waals surface area contributed by atoms with Gasteiger partial charge < -0.3 is 14.5 Å². The molecule has 3 aromatic heterocycles. The normalized spacial score (nSPS) is 11.0. The van der Waals surface area contributed by atoms with Gasteiger partial charge in [0.15, 0.2) is 5.82 Å². The Bertz CT molecular complexity index is 655. The van der Waals surface area contributed by atoms with E-state index in [2.05, 4.69) is 24.8 Å². The number of anilines is 1. The second-order valence-corrected chi connectivity index (χ2v) is 4.46. The van der Waals surface area contributed by atoms with Crippen LogP contribution in [0.15, 0.2) is 37.3 Å². The largest absolute Gasteiger partial charge is 0.368 e. The molecule has 0 amide bonds. The Morgan fingerprint density at radius 2 is 2.16 bits per heavy atom. The standard InChI is InChI=1S/C13H16N6/c1-18-10-17-12-11(18)3-5-16-13(12)15-4-2-7-19-8-6-14-9-19/h3,5-6,8-10H,2,4,7H2,1H3,(H,15,16). The lowest BCUT2D eigenvalue weighted by molar-refractivity contribution is 0.660. The summed E-state index contributed by atoms with van der Waals surface area (Å²) in [7, 11) is 1.98. The molecule has 0 bridgehead atoms. The van der Waals surface area contributed by atoms with Gasteiger partial charge in [0.1, 0.15) is 5.52 Å².